The standard InChI is InChI=1S/C6H7AsO/c7-5-1-3-6(8)4-2-5/h1-4,8H,7H2. The van der Waals surface area contributed by atoms with E-state index in [2.05, 4.69) is 0 Å². The van der Waals surface area contributed by atoms with Crippen molar-refractivity contribution in [1.29, 1.82) is 0 Å². The van der Waals surface area contributed by atoms with Gasteiger partial charge in [0.15, 0.2) is 0 Å². The molecule has 2 heteroatoms. The maximum atomic E-state index is 8.76. The van der Waals surface area contributed by atoms with Crippen molar-refractivity contribution in [3.05, 3.63) is 24.3 Å². The topological polar surface area (TPSA) is 20.2 Å². The van der Waals surface area contributed by atoms with Crippen molar-refractivity contribution < 1.29 is 5.11 Å². The van der Waals surface area contributed by atoms with Crippen LogP contribution in [0.5, 0.6) is 5.75 Å². The van der Waals surface area contributed by atoms with Crippen LogP contribution in [0.2, 0.25) is 0 Å². The van der Waals surface area contributed by atoms with Crippen LogP contribution in [0.15, 0.2) is 24.3 Å². The van der Waals surface area contributed by atoms with Crippen LogP contribution in [0.3, 0.4) is 0 Å². The van der Waals surface area contributed by atoms with Gasteiger partial charge in [-0.15, -0.1) is 0 Å². The minimum atomic E-state index is 0.339. The Morgan fingerprint density at radius 3 is 2.00 bits per heavy atom. The molecule has 1 unspecified atom stereocenters. The Labute approximate surface area is 56.8 Å². The van der Waals surface area contributed by atoms with Gasteiger partial charge in [0.05, 0.1) is 0 Å². The van der Waals surface area contributed by atoms with Crippen molar-refractivity contribution in [3.8, 4) is 5.75 Å². The van der Waals surface area contributed by atoms with Gasteiger partial charge in [-0.2, -0.15) is 0 Å². The molecule has 1 nitrogen and oxygen atoms in total. The Morgan fingerprint density at radius 2 is 1.62 bits per heavy atom. The zero-order valence-corrected chi connectivity index (χ0v) is 6.76. The van der Waals surface area contributed by atoms with Crippen molar-refractivity contribution in [2.24, 2.45) is 0 Å². The van der Waals surface area contributed by atoms with Crippen LogP contribution in [0.4, 0.5) is 0 Å². The van der Waals surface area contributed by atoms with Gasteiger partial charge in [-0.3, -0.25) is 0 Å². The molecule has 1 aromatic carbocycles. The molecule has 0 aliphatic carbocycles. The first-order valence-electron chi connectivity index (χ1n) is 2.33. The molecule has 1 rings (SSSR count). The second-order valence-electron chi connectivity index (χ2n) is 1.59. The number of aromatic hydroxyl groups is 1. The number of benzene rings is 1. The number of phenolic OH excluding ortho intramolecular Hbond substituents is 1. The Hall–Kier alpha value is -0.422. The van der Waals surface area contributed by atoms with Crippen LogP contribution >= 0.6 is 0 Å². The summed E-state index contributed by atoms with van der Waals surface area (Å²) >= 11 is 1.57. The molecule has 0 aromatic heterocycles. The fraction of sp³-hybridized carbons (Fsp3) is 0. The molecule has 0 aliphatic heterocycles. The molecule has 1 atom stereocenters. The predicted molar refractivity (Wildman–Crippen MR) is 36.3 cm³/mol. The second-order valence-corrected chi connectivity index (χ2v) is 2.99. The summed E-state index contributed by atoms with van der Waals surface area (Å²) < 4.78 is 1.23. The molecule has 42 valence electrons. The Balaban J connectivity index is 3.03. The van der Waals surface area contributed by atoms with E-state index in [1.807, 2.05) is 12.1 Å². The molecular formula is C6H7AsO. The van der Waals surface area contributed by atoms with Gasteiger partial charge in [0.25, 0.3) is 0 Å². The predicted octanol–water partition coefficient (Wildman–Crippen LogP) is -0.349. The fourth-order valence-electron chi connectivity index (χ4n) is 0.474. The van der Waals surface area contributed by atoms with Gasteiger partial charge in [0, 0.05) is 0 Å². The van der Waals surface area contributed by atoms with Gasteiger partial charge in [-0.05, 0) is 0 Å². The molecule has 0 radical (unpaired) electrons. The van der Waals surface area contributed by atoms with Crippen LogP contribution in [0, 0.1) is 0 Å². The molecule has 0 fully saturated rings. The molecule has 0 spiro atoms. The summed E-state index contributed by atoms with van der Waals surface area (Å²) in [6.45, 7) is 0. The molecule has 1 N–H and O–H groups in total. The number of rotatable bonds is 0. The molecule has 0 amide bonds. The number of hydrogen-bond donors (Lipinski definition) is 1. The first-order chi connectivity index (χ1) is 3.79. The Morgan fingerprint density at radius 1 is 1.12 bits per heavy atom. The summed E-state index contributed by atoms with van der Waals surface area (Å²) in [6.07, 6.45) is 0. The molecular weight excluding hydrogens is 163 g/mol. The van der Waals surface area contributed by atoms with Gasteiger partial charge in [-0.1, -0.05) is 0 Å². The molecule has 0 heterocycles. The van der Waals surface area contributed by atoms with E-state index in [0.717, 1.165) is 0 Å². The summed E-state index contributed by atoms with van der Waals surface area (Å²) in [5, 5.41) is 8.76. The zero-order valence-electron chi connectivity index (χ0n) is 4.33. The van der Waals surface area contributed by atoms with Gasteiger partial charge in [0.2, 0.25) is 0 Å². The van der Waals surface area contributed by atoms with Crippen LogP contribution < -0.4 is 4.35 Å². The molecule has 0 bridgehead atoms. The normalized spacial score (nSPS) is 9.12. The van der Waals surface area contributed by atoms with E-state index in [9.17, 15) is 0 Å². The summed E-state index contributed by atoms with van der Waals surface area (Å²) in [5.74, 6) is 0.339. The van der Waals surface area contributed by atoms with Crippen molar-refractivity contribution >= 4 is 21.2 Å². The average Bonchev–Trinajstić information content (AvgIpc) is 1.77. The minimum absolute atomic E-state index is 0.339. The Kier molecular flexibility index (Phi) is 1.59. The first-order valence-corrected chi connectivity index (χ1v) is 3.54. The summed E-state index contributed by atoms with van der Waals surface area (Å²) in [5.41, 5.74) is 0. The van der Waals surface area contributed by atoms with Gasteiger partial charge < -0.3 is 0 Å². The third-order valence-electron chi connectivity index (χ3n) is 0.893. The SMILES string of the molecule is Oc1ccc([AsH2])cc1. The molecule has 0 saturated carbocycles. The molecule has 0 saturated heterocycles. The van der Waals surface area contributed by atoms with Crippen molar-refractivity contribution in [2.45, 2.75) is 0 Å². The zero-order chi connectivity index (χ0) is 5.98. The van der Waals surface area contributed by atoms with Gasteiger partial charge >= 0.3 is 56.3 Å². The number of hydrogen-bond acceptors (Lipinski definition) is 1. The van der Waals surface area contributed by atoms with Crippen molar-refractivity contribution in [1.82, 2.24) is 0 Å². The average molecular weight is 170 g/mol. The summed E-state index contributed by atoms with van der Waals surface area (Å²) in [6, 6.07) is 7.18. The van der Waals surface area contributed by atoms with E-state index >= 15 is 0 Å². The summed E-state index contributed by atoms with van der Waals surface area (Å²) in [7, 11) is 0. The van der Waals surface area contributed by atoms with E-state index in [1.54, 1.807) is 29.0 Å². The molecule has 0 aliphatic rings. The van der Waals surface area contributed by atoms with E-state index < -0.39 is 0 Å². The Bertz CT molecular complexity index is 147. The molecule has 1 aromatic rings. The summed E-state index contributed by atoms with van der Waals surface area (Å²) in [4.78, 5) is 0. The van der Waals surface area contributed by atoms with Crippen LogP contribution in [0.25, 0.3) is 0 Å². The van der Waals surface area contributed by atoms with E-state index in [1.165, 1.54) is 4.35 Å². The first kappa shape index (κ1) is 5.71. The van der Waals surface area contributed by atoms with Crippen molar-refractivity contribution in [3.63, 3.8) is 0 Å². The van der Waals surface area contributed by atoms with Gasteiger partial charge in [-0.25, -0.2) is 0 Å². The van der Waals surface area contributed by atoms with E-state index in [0.29, 0.717) is 5.75 Å². The monoisotopic (exact) mass is 170 g/mol. The van der Waals surface area contributed by atoms with E-state index in [4.69, 9.17) is 5.11 Å². The quantitative estimate of drug-likeness (QED) is 0.527. The van der Waals surface area contributed by atoms with E-state index in [-0.39, 0.29) is 0 Å². The second kappa shape index (κ2) is 2.23. The van der Waals surface area contributed by atoms with Crippen LogP contribution in [-0.4, -0.2) is 22.0 Å². The van der Waals surface area contributed by atoms with Crippen LogP contribution in [-0.2, 0) is 0 Å². The third kappa shape index (κ3) is 1.27. The van der Waals surface area contributed by atoms with Gasteiger partial charge in [0.1, 0.15) is 0 Å². The fourth-order valence-corrected chi connectivity index (χ4v) is 0.878. The third-order valence-corrected chi connectivity index (χ3v) is 1.70. The van der Waals surface area contributed by atoms with Crippen molar-refractivity contribution in [2.75, 3.05) is 0 Å². The number of phenols is 1. The maximum absolute atomic E-state index is 8.76. The molecule has 8 heavy (non-hydrogen) atoms. The van der Waals surface area contributed by atoms with Crippen LogP contribution in [0.1, 0.15) is 0 Å².